The predicted molar refractivity (Wildman–Crippen MR) is 167 cm³/mol. The van der Waals surface area contributed by atoms with Gasteiger partial charge in [-0.25, -0.2) is 4.79 Å². The number of nitrogens with two attached hydrogens (primary N) is 1. The molecule has 0 aromatic heterocycles. The Labute approximate surface area is 244 Å². The van der Waals surface area contributed by atoms with E-state index in [-0.39, 0.29) is 47.4 Å². The van der Waals surface area contributed by atoms with Gasteiger partial charge in [-0.3, -0.25) is 10.2 Å². The molecule has 40 heavy (non-hydrogen) atoms. The van der Waals surface area contributed by atoms with Crippen molar-refractivity contribution < 1.29 is 23.3 Å². The Kier molecular flexibility index (Phi) is 9.65. The summed E-state index contributed by atoms with van der Waals surface area (Å²) in [6.45, 7) is 10.8. The third-order valence-corrected chi connectivity index (χ3v) is 14.4. The minimum Gasteiger partial charge on any atom is -0.488 e. The van der Waals surface area contributed by atoms with E-state index in [9.17, 15) is 9.59 Å². The van der Waals surface area contributed by atoms with Crippen molar-refractivity contribution in [3.05, 3.63) is 53.2 Å². The molecule has 3 N–H and O–H groups in total. The van der Waals surface area contributed by atoms with Crippen molar-refractivity contribution in [2.45, 2.75) is 70.6 Å². The molecule has 216 valence electrons. The Balaban J connectivity index is 1.59. The summed E-state index contributed by atoms with van der Waals surface area (Å²) in [5.41, 5.74) is 7.65. The second-order valence-electron chi connectivity index (χ2n) is 10.6. The first-order chi connectivity index (χ1) is 19.1. The van der Waals surface area contributed by atoms with Gasteiger partial charge in [-0.05, 0) is 42.1 Å². The molecule has 0 aliphatic carbocycles. The van der Waals surface area contributed by atoms with Crippen molar-refractivity contribution in [2.24, 2.45) is 17.6 Å². The van der Waals surface area contributed by atoms with Gasteiger partial charge in [0.2, 0.25) is 5.91 Å². The van der Waals surface area contributed by atoms with Gasteiger partial charge in [0.05, 0.1) is 27.5 Å². The Morgan fingerprint density at radius 1 is 1.15 bits per heavy atom. The number of amides is 1. The fourth-order valence-corrected chi connectivity index (χ4v) is 9.85. The van der Waals surface area contributed by atoms with E-state index in [2.05, 4.69) is 27.7 Å². The van der Waals surface area contributed by atoms with Crippen LogP contribution >= 0.6 is 21.2 Å². The molecule has 4 rings (SSSR count). The van der Waals surface area contributed by atoms with Crippen LogP contribution in [0.2, 0.25) is 18.1 Å². The lowest BCUT2D eigenvalue weighted by atomic mass is 9.78. The van der Waals surface area contributed by atoms with Gasteiger partial charge in [0.1, 0.15) is 18.1 Å². The minimum atomic E-state index is -1.91. The SMILES string of the molecule is CC[Si](CC)(CC)O[C@H](C)[C@H]1C(=O)N2C(C(=O)OP)=C(COc3cccc4c(CSC(=N)N)cccc34)[C@H](C)[C@H]12. The number of thioether (sulfide) groups is 1. The van der Waals surface area contributed by atoms with Gasteiger partial charge >= 0.3 is 5.97 Å². The van der Waals surface area contributed by atoms with E-state index in [1.807, 2.05) is 52.8 Å². The quantitative estimate of drug-likeness (QED) is 0.104. The van der Waals surface area contributed by atoms with E-state index in [1.165, 1.54) is 11.8 Å². The highest BCUT2D eigenvalue weighted by Gasteiger charge is 2.61. The summed E-state index contributed by atoms with van der Waals surface area (Å²) in [5, 5.41) is 9.58. The zero-order valence-electron chi connectivity index (χ0n) is 23.9. The van der Waals surface area contributed by atoms with Crippen LogP contribution in [0.5, 0.6) is 5.75 Å². The summed E-state index contributed by atoms with van der Waals surface area (Å²) >= 11 is 1.28. The molecule has 2 aromatic rings. The van der Waals surface area contributed by atoms with Crippen molar-refractivity contribution in [3.8, 4) is 5.75 Å². The van der Waals surface area contributed by atoms with Crippen LogP contribution in [0.15, 0.2) is 47.7 Å². The Morgan fingerprint density at radius 2 is 1.80 bits per heavy atom. The highest BCUT2D eigenvalue weighted by molar-refractivity contribution is 8.13. The van der Waals surface area contributed by atoms with Crippen LogP contribution in [0, 0.1) is 17.2 Å². The molecule has 11 heteroatoms. The van der Waals surface area contributed by atoms with Gasteiger partial charge in [-0.15, -0.1) is 0 Å². The van der Waals surface area contributed by atoms with Crippen LogP contribution < -0.4 is 10.5 Å². The second kappa shape index (κ2) is 12.6. The molecular weight excluding hydrogens is 561 g/mol. The molecule has 0 saturated carbocycles. The molecule has 2 aromatic carbocycles. The molecule has 0 radical (unpaired) electrons. The molecule has 2 aliphatic heterocycles. The van der Waals surface area contributed by atoms with Crippen LogP contribution in [0.4, 0.5) is 0 Å². The van der Waals surface area contributed by atoms with Crippen molar-refractivity contribution in [3.63, 3.8) is 0 Å². The predicted octanol–water partition coefficient (Wildman–Crippen LogP) is 5.82. The van der Waals surface area contributed by atoms with Gasteiger partial charge in [-0.2, -0.15) is 0 Å². The molecule has 1 saturated heterocycles. The Morgan fingerprint density at radius 3 is 2.42 bits per heavy atom. The number of ether oxygens (including phenoxy) is 1. The Hall–Kier alpha value is -2.39. The zero-order chi connectivity index (χ0) is 29.2. The number of fused-ring (bicyclic) bond motifs is 2. The van der Waals surface area contributed by atoms with Gasteiger partial charge in [0.25, 0.3) is 0 Å². The molecule has 2 aliphatic rings. The number of nitrogens with one attached hydrogen (secondary N) is 1. The minimum absolute atomic E-state index is 0.0735. The van der Waals surface area contributed by atoms with E-state index in [0.29, 0.717) is 11.5 Å². The molecule has 0 spiro atoms. The molecule has 2 heterocycles. The third kappa shape index (κ3) is 5.56. The first-order valence-electron chi connectivity index (χ1n) is 13.9. The zero-order valence-corrected chi connectivity index (χ0v) is 26.8. The lowest BCUT2D eigenvalue weighted by molar-refractivity contribution is -0.161. The van der Waals surface area contributed by atoms with E-state index >= 15 is 0 Å². The van der Waals surface area contributed by atoms with Crippen LogP contribution in [0.1, 0.15) is 40.2 Å². The highest BCUT2D eigenvalue weighted by Crippen LogP contribution is 2.49. The molecular formula is C29H40N3O5PSSi. The monoisotopic (exact) mass is 601 g/mol. The number of rotatable bonds is 12. The largest absolute Gasteiger partial charge is 0.488 e. The topological polar surface area (TPSA) is 115 Å². The number of amidine groups is 1. The molecule has 5 atom stereocenters. The number of β-lactam (4-membered cyclic amide) rings is 1. The average molecular weight is 602 g/mol. The maximum Gasteiger partial charge on any atom is 0.357 e. The third-order valence-electron chi connectivity index (χ3n) is 8.71. The van der Waals surface area contributed by atoms with Crippen LogP contribution in [-0.2, 0) is 24.3 Å². The lowest BCUT2D eigenvalue weighted by Gasteiger charge is -2.49. The van der Waals surface area contributed by atoms with Crippen LogP contribution in [-0.4, -0.2) is 49.0 Å². The number of nitrogens with zero attached hydrogens (tertiary/aromatic N) is 1. The summed E-state index contributed by atoms with van der Waals surface area (Å²) in [4.78, 5) is 28.0. The molecule has 1 fully saturated rings. The normalized spacial score (nSPS) is 21.3. The van der Waals surface area contributed by atoms with E-state index in [4.69, 9.17) is 24.8 Å². The fourth-order valence-electron chi connectivity index (χ4n) is 6.24. The summed E-state index contributed by atoms with van der Waals surface area (Å²) < 4.78 is 18.1. The Bertz CT molecular complexity index is 1330. The van der Waals surface area contributed by atoms with E-state index in [0.717, 1.165) is 40.0 Å². The molecule has 8 nitrogen and oxygen atoms in total. The smallest absolute Gasteiger partial charge is 0.357 e. The summed E-state index contributed by atoms with van der Waals surface area (Å²) in [6, 6.07) is 14.7. The average Bonchev–Trinajstić information content (AvgIpc) is 3.20. The van der Waals surface area contributed by atoms with E-state index in [1.54, 1.807) is 4.90 Å². The van der Waals surface area contributed by atoms with Gasteiger partial charge in [0, 0.05) is 22.6 Å². The van der Waals surface area contributed by atoms with E-state index < -0.39 is 14.3 Å². The first kappa shape index (κ1) is 30.6. The first-order valence-corrected chi connectivity index (χ1v) is 17.9. The standard InChI is InChI=1S/C29H40N3O5PSSi/c1-6-40(7-2,8-3)37-18(5)24-25-17(4)22(26(28(34)36-38)32(25)27(24)33)15-35-23-14-10-12-20-19(16-39-29(30)31)11-9-13-21(20)23/h9-14,17-18,24-25H,6-8,15-16,38H2,1-5H3,(H3,30,31)/t17-,18+,24+,25+/m0/s1. The highest BCUT2D eigenvalue weighted by atomic mass is 32.2. The van der Waals surface area contributed by atoms with Crippen LogP contribution in [0.3, 0.4) is 0 Å². The molecule has 1 amide bonds. The maximum absolute atomic E-state index is 13.5. The van der Waals surface area contributed by atoms with Gasteiger partial charge in [0.15, 0.2) is 13.5 Å². The van der Waals surface area contributed by atoms with Gasteiger partial charge in [-0.1, -0.05) is 69.8 Å². The number of hydrogen-bond donors (Lipinski definition) is 2. The maximum atomic E-state index is 13.5. The van der Waals surface area contributed by atoms with Gasteiger partial charge < -0.3 is 24.3 Å². The van der Waals surface area contributed by atoms with Crippen LogP contribution in [0.25, 0.3) is 10.8 Å². The van der Waals surface area contributed by atoms with Crippen molar-refractivity contribution in [1.29, 1.82) is 5.41 Å². The number of carbonyl (C=O) groups excluding carboxylic acids is 2. The van der Waals surface area contributed by atoms with Crippen molar-refractivity contribution in [1.82, 2.24) is 4.90 Å². The second-order valence-corrected chi connectivity index (χ2v) is 16.5. The molecule has 0 bridgehead atoms. The summed E-state index contributed by atoms with van der Waals surface area (Å²) in [7, 11) is 0.0921. The number of carbonyl (C=O) groups is 2. The number of benzene rings is 2. The summed E-state index contributed by atoms with van der Waals surface area (Å²) in [5.74, 6) is 0.222. The van der Waals surface area contributed by atoms with Crippen molar-refractivity contribution >= 4 is 57.4 Å². The molecule has 1 unspecified atom stereocenters. The number of hydrogen-bond acceptors (Lipinski definition) is 7. The fraction of sp³-hybridized carbons (Fsp3) is 0.483. The summed E-state index contributed by atoms with van der Waals surface area (Å²) in [6.07, 6.45) is -0.222. The van der Waals surface area contributed by atoms with Crippen molar-refractivity contribution in [2.75, 3.05) is 6.61 Å². The lowest BCUT2D eigenvalue weighted by Crippen LogP contribution is -2.65.